The highest BCUT2D eigenvalue weighted by molar-refractivity contribution is 6.30. The van der Waals surface area contributed by atoms with E-state index in [1.807, 2.05) is 0 Å². The lowest BCUT2D eigenvalue weighted by Gasteiger charge is -1.98. The van der Waals surface area contributed by atoms with E-state index in [9.17, 15) is 4.79 Å². The number of aromatic nitrogens is 2. The molecule has 1 N–H and O–H groups in total. The van der Waals surface area contributed by atoms with Crippen molar-refractivity contribution < 1.29 is 9.90 Å². The Morgan fingerprint density at radius 3 is 2.92 bits per heavy atom. The summed E-state index contributed by atoms with van der Waals surface area (Å²) in [4.78, 5) is 17.8. The number of nitrogens with zero attached hydrogens (tertiary/aromatic N) is 2. The van der Waals surface area contributed by atoms with Crippen LogP contribution in [0.25, 0.3) is 0 Å². The van der Waals surface area contributed by atoms with Crippen LogP contribution in [0.4, 0.5) is 0 Å². The topological polar surface area (TPSA) is 63.1 Å². The zero-order valence-corrected chi connectivity index (χ0v) is 7.17. The van der Waals surface area contributed by atoms with Gasteiger partial charge in [0.15, 0.2) is 0 Å². The summed E-state index contributed by atoms with van der Waals surface area (Å²) in [5.41, 5.74) is 0.741. The van der Waals surface area contributed by atoms with E-state index in [-0.39, 0.29) is 12.2 Å². The van der Waals surface area contributed by atoms with Crippen LogP contribution in [0.2, 0.25) is 5.15 Å². The average molecular weight is 187 g/mol. The van der Waals surface area contributed by atoms with Gasteiger partial charge in [-0.05, 0) is 6.92 Å². The maximum atomic E-state index is 10.2. The van der Waals surface area contributed by atoms with Gasteiger partial charge in [0, 0.05) is 11.8 Å². The number of carbonyl (C=O) groups is 1. The number of carboxylic acids is 1. The number of rotatable bonds is 2. The first kappa shape index (κ1) is 8.93. The van der Waals surface area contributed by atoms with Crippen LogP contribution in [0.5, 0.6) is 0 Å². The van der Waals surface area contributed by atoms with Crippen molar-refractivity contribution in [2.45, 2.75) is 13.3 Å². The van der Waals surface area contributed by atoms with Gasteiger partial charge in [-0.25, -0.2) is 9.97 Å². The fourth-order valence-corrected chi connectivity index (χ4v) is 0.822. The molecular formula is C7H7ClN2O2. The van der Waals surface area contributed by atoms with Gasteiger partial charge in [0.05, 0.1) is 0 Å². The molecule has 12 heavy (non-hydrogen) atoms. The maximum Gasteiger partial charge on any atom is 0.311 e. The second kappa shape index (κ2) is 3.49. The highest BCUT2D eigenvalue weighted by Crippen LogP contribution is 2.09. The Morgan fingerprint density at radius 1 is 1.75 bits per heavy atom. The quantitative estimate of drug-likeness (QED) is 0.702. The molecule has 4 nitrogen and oxygen atoms in total. The summed E-state index contributed by atoms with van der Waals surface area (Å²) in [6.45, 7) is 1.76. The lowest BCUT2D eigenvalue weighted by Crippen LogP contribution is -2.05. The minimum atomic E-state index is -0.963. The molecule has 1 heterocycles. The van der Waals surface area contributed by atoms with Crippen LogP contribution < -0.4 is 0 Å². The molecule has 0 unspecified atom stereocenters. The Balaban J connectivity index is 2.89. The van der Waals surface area contributed by atoms with E-state index in [0.29, 0.717) is 5.15 Å². The smallest absolute Gasteiger partial charge is 0.311 e. The molecule has 5 heteroatoms. The molecule has 64 valence electrons. The molecule has 0 aliphatic heterocycles. The van der Waals surface area contributed by atoms with Gasteiger partial charge in [-0.15, -0.1) is 0 Å². The maximum absolute atomic E-state index is 10.2. The summed E-state index contributed by atoms with van der Waals surface area (Å²) in [6, 6.07) is 0. The van der Waals surface area contributed by atoms with Crippen LogP contribution in [0.3, 0.4) is 0 Å². The van der Waals surface area contributed by atoms with E-state index in [1.54, 1.807) is 6.92 Å². The van der Waals surface area contributed by atoms with Crippen molar-refractivity contribution in [3.63, 3.8) is 0 Å². The Labute approximate surface area is 74.2 Å². The molecule has 1 aromatic heterocycles. The van der Waals surface area contributed by atoms with Crippen LogP contribution in [-0.2, 0) is 11.2 Å². The van der Waals surface area contributed by atoms with Gasteiger partial charge in [0.1, 0.15) is 17.4 Å². The van der Waals surface area contributed by atoms with E-state index < -0.39 is 5.97 Å². The third-order valence-electron chi connectivity index (χ3n) is 1.27. The standard InChI is InChI=1S/C7H7ClN2O2/c1-4-3-9-5(2-6(11)12)10-7(4)8/h3H,2H2,1H3,(H,11,12). The lowest BCUT2D eigenvalue weighted by molar-refractivity contribution is -0.136. The number of halogens is 1. The third kappa shape index (κ3) is 2.17. The molecule has 0 atom stereocenters. The highest BCUT2D eigenvalue weighted by atomic mass is 35.5. The molecule has 0 amide bonds. The van der Waals surface area contributed by atoms with Crippen molar-refractivity contribution in [3.05, 3.63) is 22.7 Å². The van der Waals surface area contributed by atoms with Crippen molar-refractivity contribution in [1.29, 1.82) is 0 Å². The lowest BCUT2D eigenvalue weighted by atomic mass is 10.3. The zero-order valence-electron chi connectivity index (χ0n) is 6.41. The van der Waals surface area contributed by atoms with Crippen molar-refractivity contribution in [1.82, 2.24) is 9.97 Å². The van der Waals surface area contributed by atoms with Crippen molar-refractivity contribution in [2.75, 3.05) is 0 Å². The van der Waals surface area contributed by atoms with E-state index in [4.69, 9.17) is 16.7 Å². The Bertz CT molecular complexity index is 314. The van der Waals surface area contributed by atoms with Gasteiger partial charge in [-0.2, -0.15) is 0 Å². The third-order valence-corrected chi connectivity index (χ3v) is 1.65. The largest absolute Gasteiger partial charge is 0.481 e. The number of hydrogen-bond acceptors (Lipinski definition) is 3. The first-order valence-electron chi connectivity index (χ1n) is 3.29. The van der Waals surface area contributed by atoms with Gasteiger partial charge in [-0.3, -0.25) is 4.79 Å². The number of aliphatic carboxylic acids is 1. The van der Waals surface area contributed by atoms with Gasteiger partial charge < -0.3 is 5.11 Å². The highest BCUT2D eigenvalue weighted by Gasteiger charge is 2.05. The van der Waals surface area contributed by atoms with Crippen LogP contribution in [0.15, 0.2) is 6.20 Å². The van der Waals surface area contributed by atoms with Crippen molar-refractivity contribution in [3.8, 4) is 0 Å². The van der Waals surface area contributed by atoms with E-state index in [2.05, 4.69) is 9.97 Å². The minimum Gasteiger partial charge on any atom is -0.481 e. The van der Waals surface area contributed by atoms with E-state index in [0.717, 1.165) is 5.56 Å². The molecular weight excluding hydrogens is 180 g/mol. The molecule has 0 aromatic carbocycles. The first-order valence-corrected chi connectivity index (χ1v) is 3.67. The summed E-state index contributed by atoms with van der Waals surface area (Å²) >= 11 is 5.65. The average Bonchev–Trinajstić information content (AvgIpc) is 1.96. The molecule has 0 spiro atoms. The molecule has 0 bridgehead atoms. The summed E-state index contributed by atoms with van der Waals surface area (Å²) < 4.78 is 0. The van der Waals surface area contributed by atoms with Crippen molar-refractivity contribution >= 4 is 17.6 Å². The van der Waals surface area contributed by atoms with Crippen molar-refractivity contribution in [2.24, 2.45) is 0 Å². The molecule has 0 aliphatic carbocycles. The second-order valence-corrected chi connectivity index (χ2v) is 2.69. The van der Waals surface area contributed by atoms with Crippen LogP contribution >= 0.6 is 11.6 Å². The van der Waals surface area contributed by atoms with E-state index >= 15 is 0 Å². The van der Waals surface area contributed by atoms with Crippen LogP contribution in [0.1, 0.15) is 11.4 Å². The molecule has 0 radical (unpaired) electrons. The Hall–Kier alpha value is -1.16. The van der Waals surface area contributed by atoms with Gasteiger partial charge in [-0.1, -0.05) is 11.6 Å². The Morgan fingerprint density at radius 2 is 2.42 bits per heavy atom. The summed E-state index contributed by atoms with van der Waals surface area (Å²) in [5.74, 6) is -0.729. The zero-order chi connectivity index (χ0) is 9.14. The number of aryl methyl sites for hydroxylation is 1. The second-order valence-electron chi connectivity index (χ2n) is 2.33. The molecule has 0 saturated heterocycles. The summed E-state index contributed by atoms with van der Waals surface area (Å²) in [5, 5.41) is 8.71. The van der Waals surface area contributed by atoms with Gasteiger partial charge in [0.2, 0.25) is 0 Å². The minimum absolute atomic E-state index is 0.194. The molecule has 1 rings (SSSR count). The predicted octanol–water partition coefficient (Wildman–Crippen LogP) is 1.07. The fraction of sp³-hybridized carbons (Fsp3) is 0.286. The monoisotopic (exact) mass is 186 g/mol. The van der Waals surface area contributed by atoms with Crippen LogP contribution in [-0.4, -0.2) is 21.0 Å². The molecule has 0 saturated carbocycles. The number of hydrogen-bond donors (Lipinski definition) is 1. The van der Waals surface area contributed by atoms with E-state index in [1.165, 1.54) is 6.20 Å². The fourth-order valence-electron chi connectivity index (χ4n) is 0.675. The van der Waals surface area contributed by atoms with Gasteiger partial charge in [0.25, 0.3) is 0 Å². The predicted molar refractivity (Wildman–Crippen MR) is 43.1 cm³/mol. The van der Waals surface area contributed by atoms with Crippen LogP contribution in [0, 0.1) is 6.92 Å². The first-order chi connectivity index (χ1) is 5.59. The molecule has 0 aliphatic rings. The SMILES string of the molecule is Cc1cnc(CC(=O)O)nc1Cl. The summed E-state index contributed by atoms with van der Waals surface area (Å²) in [7, 11) is 0. The summed E-state index contributed by atoms with van der Waals surface area (Å²) in [6.07, 6.45) is 1.31. The molecule has 1 aromatic rings. The number of carboxylic acid groups (broad SMARTS) is 1. The van der Waals surface area contributed by atoms with Gasteiger partial charge >= 0.3 is 5.97 Å². The molecule has 0 fully saturated rings. The normalized spacial score (nSPS) is 9.83. The Kier molecular flexibility index (Phi) is 2.60.